The van der Waals surface area contributed by atoms with Crippen LogP contribution in [-0.4, -0.2) is 62.8 Å². The normalized spacial score (nSPS) is 24.5. The average molecular weight is 552 g/mol. The van der Waals surface area contributed by atoms with Gasteiger partial charge in [0.05, 0.1) is 0 Å². The van der Waals surface area contributed by atoms with E-state index in [-0.39, 0.29) is 38.8 Å². The molecule has 0 amide bonds. The van der Waals surface area contributed by atoms with E-state index in [1.54, 1.807) is 5.01 Å². The van der Waals surface area contributed by atoms with Gasteiger partial charge in [-0.05, 0) is 0 Å². The number of fused-ring (bicyclic) bond motifs is 1. The molecule has 2 heterocycles. The van der Waals surface area contributed by atoms with Crippen LogP contribution in [0, 0.1) is 0 Å². The summed E-state index contributed by atoms with van der Waals surface area (Å²) in [5.41, 5.74) is 1.67. The van der Waals surface area contributed by atoms with Crippen molar-refractivity contribution in [2.75, 3.05) is 11.6 Å². The van der Waals surface area contributed by atoms with Crippen LogP contribution in [0.3, 0.4) is 0 Å². The van der Waals surface area contributed by atoms with Crippen molar-refractivity contribution < 1.29 is 23.7 Å². The van der Waals surface area contributed by atoms with Crippen LogP contribution in [0.5, 0.6) is 0 Å². The number of nitrogens with zero attached hydrogens (tertiary/aromatic N) is 2. The molecule has 3 aromatic rings. The maximum absolute atomic E-state index is 12.6. The van der Waals surface area contributed by atoms with E-state index in [2.05, 4.69) is 17.2 Å². The molecular formula is C28H28N2O5Se. The molecule has 2 aliphatic rings. The molecule has 0 bridgehead atoms. The fourth-order valence-electron chi connectivity index (χ4n) is 4.23. The first-order valence-corrected chi connectivity index (χ1v) is 13.7. The average Bonchev–Trinajstić information content (AvgIpc) is 3.38. The molecule has 3 aromatic carbocycles. The van der Waals surface area contributed by atoms with Crippen LogP contribution in [0.15, 0.2) is 96.1 Å². The molecule has 5 rings (SSSR count). The minimum atomic E-state index is -0.709. The molecule has 0 aliphatic carbocycles. The molecule has 0 aromatic heterocycles. The van der Waals surface area contributed by atoms with E-state index in [4.69, 9.17) is 18.9 Å². The number of ether oxygens (including phenoxy) is 4. The van der Waals surface area contributed by atoms with Crippen LogP contribution in [0.1, 0.15) is 13.8 Å². The quantitative estimate of drug-likeness (QED) is 0.184. The summed E-state index contributed by atoms with van der Waals surface area (Å²) >= 11 is 0.0278. The standard InChI is InChI=1S/C28H28N2O5Se/c1-28(2)34-25-23(33-27(26(25)35-28)36-22-16-10-5-11-17-22)19-32-24(31)18-29-30(20-12-6-3-7-13-20)21-14-8-4-9-15-21/h3-18,23,25-27H,19H2,1-2H3/b29-18+/t23-,25-,26-,27+/m1/s1. The van der Waals surface area contributed by atoms with E-state index in [9.17, 15) is 4.79 Å². The predicted molar refractivity (Wildman–Crippen MR) is 139 cm³/mol. The topological polar surface area (TPSA) is 69.6 Å². The Balaban J connectivity index is 1.24. The summed E-state index contributed by atoms with van der Waals surface area (Å²) in [4.78, 5) is 12.6. The molecule has 8 heteroatoms. The van der Waals surface area contributed by atoms with Gasteiger partial charge in [-0.3, -0.25) is 0 Å². The van der Waals surface area contributed by atoms with E-state index < -0.39 is 17.9 Å². The fraction of sp³-hybridized carbons (Fsp3) is 0.286. The van der Waals surface area contributed by atoms with Gasteiger partial charge in [0.1, 0.15) is 0 Å². The Morgan fingerprint density at radius 1 is 0.917 bits per heavy atom. The van der Waals surface area contributed by atoms with Gasteiger partial charge in [0.15, 0.2) is 0 Å². The summed E-state index contributed by atoms with van der Waals surface area (Å²) in [6.07, 6.45) is 0.270. The number of carbonyl (C=O) groups is 1. The molecule has 36 heavy (non-hydrogen) atoms. The first-order chi connectivity index (χ1) is 17.5. The molecule has 2 saturated heterocycles. The van der Waals surface area contributed by atoms with Crippen LogP contribution >= 0.6 is 0 Å². The molecule has 4 atom stereocenters. The van der Waals surface area contributed by atoms with E-state index in [0.717, 1.165) is 11.4 Å². The number of anilines is 2. The third-order valence-electron chi connectivity index (χ3n) is 5.77. The Morgan fingerprint density at radius 2 is 1.47 bits per heavy atom. The molecule has 0 radical (unpaired) electrons. The third-order valence-corrected chi connectivity index (χ3v) is 8.20. The predicted octanol–water partition coefficient (Wildman–Crippen LogP) is 3.63. The van der Waals surface area contributed by atoms with Gasteiger partial charge in [0.25, 0.3) is 0 Å². The van der Waals surface area contributed by atoms with Crippen LogP contribution in [0.4, 0.5) is 11.4 Å². The van der Waals surface area contributed by atoms with Crippen molar-refractivity contribution in [3.8, 4) is 0 Å². The summed E-state index contributed by atoms with van der Waals surface area (Å²) in [6.45, 7) is 3.86. The van der Waals surface area contributed by atoms with Crippen molar-refractivity contribution >= 4 is 43.0 Å². The van der Waals surface area contributed by atoms with Crippen molar-refractivity contribution in [1.82, 2.24) is 0 Å². The second kappa shape index (κ2) is 10.9. The zero-order valence-electron chi connectivity index (χ0n) is 20.1. The van der Waals surface area contributed by atoms with Gasteiger partial charge in [-0.15, -0.1) is 0 Å². The molecule has 2 fully saturated rings. The first kappa shape index (κ1) is 24.7. The monoisotopic (exact) mass is 552 g/mol. The Kier molecular flexibility index (Phi) is 7.51. The summed E-state index contributed by atoms with van der Waals surface area (Å²) in [5.74, 6) is -1.26. The van der Waals surface area contributed by atoms with Gasteiger partial charge in [-0.1, -0.05) is 12.1 Å². The minimum absolute atomic E-state index is 0.0278. The zero-order valence-corrected chi connectivity index (χ0v) is 21.8. The van der Waals surface area contributed by atoms with Crippen molar-refractivity contribution in [3.63, 3.8) is 0 Å². The Hall–Kier alpha value is -3.00. The second-order valence-electron chi connectivity index (χ2n) is 8.90. The van der Waals surface area contributed by atoms with E-state index in [1.165, 1.54) is 10.7 Å². The fourth-order valence-corrected chi connectivity index (χ4v) is 6.59. The number of benzene rings is 3. The van der Waals surface area contributed by atoms with Gasteiger partial charge in [0.2, 0.25) is 0 Å². The SMILES string of the molecule is CC1(C)O[C@@H]2[C@H](O1)[C@@H](COC(=O)/C=N/N(c1ccccc1)c1ccccc1)O[C@H]2[Se]c1ccccc1. The number of carbonyl (C=O) groups excluding carboxylic acids is 1. The van der Waals surface area contributed by atoms with Gasteiger partial charge in [0, 0.05) is 0 Å². The summed E-state index contributed by atoms with van der Waals surface area (Å²) < 4.78 is 25.4. The van der Waals surface area contributed by atoms with E-state index >= 15 is 0 Å². The number of hydrogen-bond donors (Lipinski definition) is 0. The molecule has 0 N–H and O–H groups in total. The van der Waals surface area contributed by atoms with Crippen LogP contribution in [-0.2, 0) is 23.7 Å². The van der Waals surface area contributed by atoms with Gasteiger partial charge < -0.3 is 0 Å². The van der Waals surface area contributed by atoms with Crippen molar-refractivity contribution in [2.24, 2.45) is 5.10 Å². The summed E-state index contributed by atoms with van der Waals surface area (Å²) in [7, 11) is 0. The number of hydrogen-bond acceptors (Lipinski definition) is 7. The Morgan fingerprint density at radius 3 is 2.08 bits per heavy atom. The zero-order chi connectivity index (χ0) is 25.0. The third kappa shape index (κ3) is 5.86. The molecule has 186 valence electrons. The molecule has 2 aliphatic heterocycles. The molecule has 0 unspecified atom stereocenters. The van der Waals surface area contributed by atoms with E-state index in [1.807, 2.05) is 92.7 Å². The second-order valence-corrected chi connectivity index (χ2v) is 11.4. The maximum atomic E-state index is 12.6. The molecular weight excluding hydrogens is 523 g/mol. The Bertz CT molecular complexity index is 1140. The molecule has 0 spiro atoms. The van der Waals surface area contributed by atoms with E-state index in [0.29, 0.717) is 0 Å². The van der Waals surface area contributed by atoms with Gasteiger partial charge in [-0.25, -0.2) is 0 Å². The number of rotatable bonds is 8. The molecule has 0 saturated carbocycles. The van der Waals surface area contributed by atoms with Crippen LogP contribution < -0.4 is 9.47 Å². The van der Waals surface area contributed by atoms with Crippen molar-refractivity contribution in [2.45, 2.75) is 42.9 Å². The van der Waals surface area contributed by atoms with Crippen LogP contribution in [0.2, 0.25) is 0 Å². The van der Waals surface area contributed by atoms with Crippen LogP contribution in [0.25, 0.3) is 0 Å². The Labute approximate surface area is 217 Å². The van der Waals surface area contributed by atoms with Gasteiger partial charge in [-0.2, -0.15) is 0 Å². The van der Waals surface area contributed by atoms with Gasteiger partial charge >= 0.3 is 205 Å². The summed E-state index contributed by atoms with van der Waals surface area (Å²) in [5, 5.41) is 5.97. The number of para-hydroxylation sites is 2. The van der Waals surface area contributed by atoms with Crippen molar-refractivity contribution in [3.05, 3.63) is 91.0 Å². The number of hydrazone groups is 1. The first-order valence-electron chi connectivity index (χ1n) is 11.8. The number of esters is 1. The van der Waals surface area contributed by atoms with Crippen molar-refractivity contribution in [1.29, 1.82) is 0 Å². The molecule has 7 nitrogen and oxygen atoms in total. The summed E-state index contributed by atoms with van der Waals surface area (Å²) in [6, 6.07) is 29.5.